The first-order valence-corrected chi connectivity index (χ1v) is 6.44. The number of ketones is 1. The van der Waals surface area contributed by atoms with Crippen molar-refractivity contribution < 1.29 is 22.7 Å². The molecule has 2 unspecified atom stereocenters. The van der Waals surface area contributed by atoms with E-state index in [0.29, 0.717) is 32.3 Å². The zero-order valence-corrected chi connectivity index (χ0v) is 10.1. The van der Waals surface area contributed by atoms with Crippen molar-refractivity contribution >= 4 is 5.78 Å². The summed E-state index contributed by atoms with van der Waals surface area (Å²) in [6, 6.07) is 0. The van der Waals surface area contributed by atoms with Crippen LogP contribution in [0.1, 0.15) is 38.5 Å². The minimum atomic E-state index is -4.28. The zero-order chi connectivity index (χ0) is 13.2. The van der Waals surface area contributed by atoms with E-state index < -0.39 is 23.8 Å². The monoisotopic (exact) mass is 262 g/mol. The molecule has 1 aliphatic carbocycles. The minimum Gasteiger partial charge on any atom is -0.490 e. The molecule has 1 aliphatic heterocycles. The first-order chi connectivity index (χ1) is 8.50. The van der Waals surface area contributed by atoms with E-state index in [2.05, 4.69) is 0 Å². The van der Waals surface area contributed by atoms with Gasteiger partial charge in [-0.3, -0.25) is 4.79 Å². The van der Waals surface area contributed by atoms with Gasteiger partial charge in [0.1, 0.15) is 0 Å². The zero-order valence-electron chi connectivity index (χ0n) is 10.1. The number of Topliss-reactive ketones (excluding diaryl/α,β-unsaturated/α-hetero) is 1. The minimum absolute atomic E-state index is 0.0627. The van der Waals surface area contributed by atoms with E-state index in [4.69, 9.17) is 4.74 Å². The highest BCUT2D eigenvalue weighted by molar-refractivity contribution is 5.95. The lowest BCUT2D eigenvalue weighted by Crippen LogP contribution is -2.38. The van der Waals surface area contributed by atoms with Crippen molar-refractivity contribution in [2.75, 3.05) is 6.61 Å². The van der Waals surface area contributed by atoms with Crippen molar-refractivity contribution in [2.24, 2.45) is 11.8 Å². The second-order valence-corrected chi connectivity index (χ2v) is 4.96. The molecule has 102 valence electrons. The lowest BCUT2D eigenvalue weighted by Gasteiger charge is -2.32. The fraction of sp³-hybridized carbons (Fsp3) is 0.769. The Morgan fingerprint density at radius 2 is 1.94 bits per heavy atom. The summed E-state index contributed by atoms with van der Waals surface area (Å²) in [5.74, 6) is -2.73. The van der Waals surface area contributed by atoms with Gasteiger partial charge in [-0.2, -0.15) is 13.2 Å². The van der Waals surface area contributed by atoms with Crippen molar-refractivity contribution in [2.45, 2.75) is 44.7 Å². The number of ether oxygens (including phenoxy) is 1. The molecule has 0 spiro atoms. The average Bonchev–Trinajstić information content (AvgIpc) is 2.38. The Balaban J connectivity index is 2.13. The van der Waals surface area contributed by atoms with Crippen LogP contribution in [0.2, 0.25) is 0 Å². The SMILES string of the molecule is O=C(C1=CCCCO1)C1CCCCC1C(F)(F)F. The molecule has 2 nitrogen and oxygen atoms in total. The summed E-state index contributed by atoms with van der Waals surface area (Å²) in [6.07, 6.45) is 0.513. The summed E-state index contributed by atoms with van der Waals surface area (Å²) < 4.78 is 43.9. The third kappa shape index (κ3) is 2.87. The predicted octanol–water partition coefficient (Wildman–Crippen LogP) is 3.62. The fourth-order valence-electron chi connectivity index (χ4n) is 2.75. The molecule has 0 N–H and O–H groups in total. The predicted molar refractivity (Wildman–Crippen MR) is 59.8 cm³/mol. The Morgan fingerprint density at radius 1 is 1.22 bits per heavy atom. The summed E-state index contributed by atoms with van der Waals surface area (Å²) in [4.78, 5) is 12.1. The summed E-state index contributed by atoms with van der Waals surface area (Å²) in [5, 5.41) is 0. The number of halogens is 3. The van der Waals surface area contributed by atoms with Gasteiger partial charge < -0.3 is 4.74 Å². The number of hydrogen-bond donors (Lipinski definition) is 0. The molecule has 0 bridgehead atoms. The van der Waals surface area contributed by atoms with Crippen LogP contribution in [0.25, 0.3) is 0 Å². The van der Waals surface area contributed by atoms with Crippen molar-refractivity contribution in [1.29, 1.82) is 0 Å². The third-order valence-electron chi connectivity index (χ3n) is 3.70. The third-order valence-corrected chi connectivity index (χ3v) is 3.70. The highest BCUT2D eigenvalue weighted by atomic mass is 19.4. The molecule has 2 aliphatic rings. The van der Waals surface area contributed by atoms with Crippen LogP contribution in [0.3, 0.4) is 0 Å². The van der Waals surface area contributed by atoms with Gasteiger partial charge in [0.25, 0.3) is 0 Å². The average molecular weight is 262 g/mol. The Labute approximate surface area is 104 Å². The van der Waals surface area contributed by atoms with Gasteiger partial charge in [-0.05, 0) is 31.8 Å². The van der Waals surface area contributed by atoms with Crippen LogP contribution >= 0.6 is 0 Å². The van der Waals surface area contributed by atoms with Crippen LogP contribution < -0.4 is 0 Å². The van der Waals surface area contributed by atoms with E-state index in [1.54, 1.807) is 6.08 Å². The Morgan fingerprint density at radius 3 is 2.56 bits per heavy atom. The highest BCUT2D eigenvalue weighted by Gasteiger charge is 2.48. The van der Waals surface area contributed by atoms with Gasteiger partial charge in [-0.25, -0.2) is 0 Å². The van der Waals surface area contributed by atoms with Gasteiger partial charge >= 0.3 is 6.18 Å². The van der Waals surface area contributed by atoms with E-state index in [-0.39, 0.29) is 12.2 Å². The van der Waals surface area contributed by atoms with Crippen LogP contribution in [0.15, 0.2) is 11.8 Å². The van der Waals surface area contributed by atoms with Crippen LogP contribution in [0.4, 0.5) is 13.2 Å². The molecule has 0 radical (unpaired) electrons. The standard InChI is InChI=1S/C13H17F3O2/c14-13(15,16)10-6-2-1-5-9(10)12(17)11-7-3-4-8-18-11/h7,9-10H,1-6,8H2. The lowest BCUT2D eigenvalue weighted by atomic mass is 9.76. The maximum Gasteiger partial charge on any atom is 0.392 e. The molecule has 2 rings (SSSR count). The maximum atomic E-state index is 12.9. The molecule has 18 heavy (non-hydrogen) atoms. The molecular weight excluding hydrogens is 245 g/mol. The summed E-state index contributed by atoms with van der Waals surface area (Å²) in [6.45, 7) is 0.432. The molecule has 2 atom stereocenters. The Hall–Kier alpha value is -1.00. The first-order valence-electron chi connectivity index (χ1n) is 6.44. The molecule has 1 saturated carbocycles. The molecular formula is C13H17F3O2. The van der Waals surface area contributed by atoms with Crippen LogP contribution in [-0.4, -0.2) is 18.6 Å². The van der Waals surface area contributed by atoms with Gasteiger partial charge in [0.05, 0.1) is 12.5 Å². The van der Waals surface area contributed by atoms with Crippen LogP contribution in [-0.2, 0) is 9.53 Å². The van der Waals surface area contributed by atoms with Gasteiger partial charge in [-0.1, -0.05) is 12.8 Å². The van der Waals surface area contributed by atoms with Crippen molar-refractivity contribution in [1.82, 2.24) is 0 Å². The summed E-state index contributed by atoms with van der Waals surface area (Å²) in [7, 11) is 0. The molecule has 5 heteroatoms. The van der Waals surface area contributed by atoms with Gasteiger partial charge in [0.15, 0.2) is 5.76 Å². The second-order valence-electron chi connectivity index (χ2n) is 4.96. The van der Waals surface area contributed by atoms with Crippen LogP contribution in [0.5, 0.6) is 0 Å². The number of carbonyl (C=O) groups is 1. The quantitative estimate of drug-likeness (QED) is 0.759. The van der Waals surface area contributed by atoms with E-state index in [1.165, 1.54) is 0 Å². The highest BCUT2D eigenvalue weighted by Crippen LogP contribution is 2.42. The van der Waals surface area contributed by atoms with Crippen molar-refractivity contribution in [3.63, 3.8) is 0 Å². The van der Waals surface area contributed by atoms with Crippen molar-refractivity contribution in [3.8, 4) is 0 Å². The molecule has 0 aromatic rings. The number of rotatable bonds is 2. The van der Waals surface area contributed by atoms with E-state index in [1.807, 2.05) is 0 Å². The second kappa shape index (κ2) is 5.33. The summed E-state index contributed by atoms with van der Waals surface area (Å²) >= 11 is 0. The number of hydrogen-bond acceptors (Lipinski definition) is 2. The largest absolute Gasteiger partial charge is 0.490 e. The number of carbonyl (C=O) groups excluding carboxylic acids is 1. The van der Waals surface area contributed by atoms with E-state index in [9.17, 15) is 18.0 Å². The first kappa shape index (κ1) is 13.4. The molecule has 0 saturated heterocycles. The molecule has 0 amide bonds. The molecule has 1 fully saturated rings. The maximum absolute atomic E-state index is 12.9. The topological polar surface area (TPSA) is 26.3 Å². The van der Waals surface area contributed by atoms with E-state index in [0.717, 1.165) is 6.42 Å². The smallest absolute Gasteiger partial charge is 0.392 e. The van der Waals surface area contributed by atoms with Crippen LogP contribution in [0, 0.1) is 11.8 Å². The van der Waals surface area contributed by atoms with Gasteiger partial charge in [-0.15, -0.1) is 0 Å². The molecule has 0 aromatic carbocycles. The number of allylic oxidation sites excluding steroid dienone is 2. The van der Waals surface area contributed by atoms with Gasteiger partial charge in [0.2, 0.25) is 5.78 Å². The lowest BCUT2D eigenvalue weighted by molar-refractivity contribution is -0.197. The van der Waals surface area contributed by atoms with Gasteiger partial charge in [0, 0.05) is 5.92 Å². The number of alkyl halides is 3. The fourth-order valence-corrected chi connectivity index (χ4v) is 2.75. The Bertz CT molecular complexity index is 347. The Kier molecular flexibility index (Phi) is 3.97. The van der Waals surface area contributed by atoms with Crippen molar-refractivity contribution in [3.05, 3.63) is 11.8 Å². The normalized spacial score (nSPS) is 29.4. The molecule has 1 heterocycles. The van der Waals surface area contributed by atoms with E-state index >= 15 is 0 Å². The summed E-state index contributed by atoms with van der Waals surface area (Å²) in [5.41, 5.74) is 0. The molecule has 0 aromatic heterocycles.